The second-order valence-electron chi connectivity index (χ2n) is 6.06. The fraction of sp³-hybridized carbons (Fsp3) is 0.250. The van der Waals surface area contributed by atoms with Crippen molar-refractivity contribution < 1.29 is 22.8 Å². The van der Waals surface area contributed by atoms with Crippen molar-refractivity contribution in [1.29, 1.82) is 0 Å². The number of halogens is 3. The Balaban J connectivity index is 1.62. The van der Waals surface area contributed by atoms with Crippen LogP contribution in [0.4, 0.5) is 13.2 Å². The molecule has 0 saturated carbocycles. The molecule has 0 bridgehead atoms. The molecule has 26 heavy (non-hydrogen) atoms. The summed E-state index contributed by atoms with van der Waals surface area (Å²) in [4.78, 5) is 17.4. The highest BCUT2D eigenvalue weighted by Gasteiger charge is 2.32. The van der Waals surface area contributed by atoms with Gasteiger partial charge in [0.1, 0.15) is 0 Å². The summed E-state index contributed by atoms with van der Waals surface area (Å²) in [5, 5.41) is 1.56. The van der Waals surface area contributed by atoms with Gasteiger partial charge in [-0.15, -0.1) is 5.06 Å². The van der Waals surface area contributed by atoms with Crippen molar-refractivity contribution in [3.05, 3.63) is 76.9 Å². The van der Waals surface area contributed by atoms with Crippen molar-refractivity contribution in [1.82, 2.24) is 5.06 Å². The van der Waals surface area contributed by atoms with Gasteiger partial charge in [-0.3, -0.25) is 0 Å². The molecule has 0 amide bonds. The zero-order valence-corrected chi connectivity index (χ0v) is 14.0. The lowest BCUT2D eigenvalue weighted by atomic mass is 9.99. The highest BCUT2D eigenvalue weighted by atomic mass is 19.4. The smallest absolute Gasteiger partial charge is 0.364 e. The van der Waals surface area contributed by atoms with Crippen molar-refractivity contribution >= 4 is 12.0 Å². The van der Waals surface area contributed by atoms with E-state index in [1.54, 1.807) is 41.5 Å². The maximum absolute atomic E-state index is 13.1. The normalized spacial score (nSPS) is 15.6. The van der Waals surface area contributed by atoms with Crippen LogP contribution in [0.2, 0.25) is 0 Å². The van der Waals surface area contributed by atoms with Crippen LogP contribution in [0.1, 0.15) is 34.3 Å². The third-order valence-corrected chi connectivity index (χ3v) is 4.21. The van der Waals surface area contributed by atoms with E-state index in [9.17, 15) is 18.0 Å². The monoisotopic (exact) mass is 361 g/mol. The lowest BCUT2D eigenvalue weighted by Crippen LogP contribution is -2.33. The van der Waals surface area contributed by atoms with Crippen LogP contribution in [0.25, 0.3) is 6.08 Å². The van der Waals surface area contributed by atoms with Crippen LogP contribution < -0.4 is 0 Å². The number of nitrogens with zero attached hydrogens (tertiary/aromatic N) is 1. The molecule has 3 rings (SSSR count). The second kappa shape index (κ2) is 7.74. The molecule has 0 aromatic heterocycles. The molecule has 0 aliphatic carbocycles. The maximum atomic E-state index is 13.1. The third-order valence-electron chi connectivity index (χ3n) is 4.21. The largest absolute Gasteiger partial charge is 0.416 e. The van der Waals surface area contributed by atoms with Crippen molar-refractivity contribution in [2.45, 2.75) is 19.0 Å². The minimum Gasteiger partial charge on any atom is -0.364 e. The summed E-state index contributed by atoms with van der Waals surface area (Å²) in [6, 6.07) is 14.2. The van der Waals surface area contributed by atoms with Crippen LogP contribution in [0.5, 0.6) is 0 Å². The lowest BCUT2D eigenvalue weighted by molar-refractivity contribution is -0.137. The second-order valence-corrected chi connectivity index (χ2v) is 6.06. The molecular weight excluding hydrogens is 343 g/mol. The molecule has 1 aliphatic rings. The SMILES string of the molecule is O=C(ON1CCC(=Cc2ccccc2C(F)(F)F)CC1)c1ccccc1. The highest BCUT2D eigenvalue weighted by Crippen LogP contribution is 2.33. The number of carbonyl (C=O) groups is 1. The van der Waals surface area contributed by atoms with Crippen LogP contribution in [-0.2, 0) is 11.0 Å². The average molecular weight is 361 g/mol. The van der Waals surface area contributed by atoms with Crippen LogP contribution in [-0.4, -0.2) is 24.1 Å². The van der Waals surface area contributed by atoms with Gasteiger partial charge in [0.2, 0.25) is 0 Å². The van der Waals surface area contributed by atoms with Crippen LogP contribution in [0.3, 0.4) is 0 Å². The van der Waals surface area contributed by atoms with E-state index in [1.165, 1.54) is 12.1 Å². The zero-order chi connectivity index (χ0) is 18.6. The highest BCUT2D eigenvalue weighted by molar-refractivity contribution is 5.89. The van der Waals surface area contributed by atoms with Crippen LogP contribution in [0, 0.1) is 0 Å². The van der Waals surface area contributed by atoms with Gasteiger partial charge in [0.05, 0.1) is 11.1 Å². The fourth-order valence-corrected chi connectivity index (χ4v) is 2.85. The first-order chi connectivity index (χ1) is 12.4. The Morgan fingerprint density at radius 2 is 1.58 bits per heavy atom. The molecule has 1 fully saturated rings. The number of hydroxylamine groups is 2. The zero-order valence-electron chi connectivity index (χ0n) is 14.0. The Hall–Kier alpha value is -2.60. The fourth-order valence-electron chi connectivity index (χ4n) is 2.85. The Morgan fingerprint density at radius 3 is 2.23 bits per heavy atom. The third kappa shape index (κ3) is 4.52. The molecule has 0 N–H and O–H groups in total. The number of benzene rings is 2. The number of hydrogen-bond donors (Lipinski definition) is 0. The number of alkyl halides is 3. The van der Waals surface area contributed by atoms with Crippen molar-refractivity contribution in [3.8, 4) is 0 Å². The van der Waals surface area contributed by atoms with Gasteiger partial charge in [-0.05, 0) is 36.6 Å². The predicted octanol–water partition coefficient (Wildman–Crippen LogP) is 4.96. The van der Waals surface area contributed by atoms with Gasteiger partial charge in [0.25, 0.3) is 0 Å². The summed E-state index contributed by atoms with van der Waals surface area (Å²) in [7, 11) is 0. The van der Waals surface area contributed by atoms with Crippen molar-refractivity contribution in [2.24, 2.45) is 0 Å². The molecule has 0 atom stereocenters. The molecule has 1 saturated heterocycles. The van der Waals surface area contributed by atoms with Gasteiger partial charge >= 0.3 is 12.1 Å². The first-order valence-electron chi connectivity index (χ1n) is 8.31. The first kappa shape index (κ1) is 18.2. The number of piperidine rings is 1. The van der Waals surface area contributed by atoms with E-state index in [-0.39, 0.29) is 5.56 Å². The topological polar surface area (TPSA) is 29.5 Å². The standard InChI is InChI=1S/C20H18F3NO2/c21-20(22,23)18-9-5-4-8-17(18)14-15-10-12-24(13-11-15)26-19(25)16-6-2-1-3-7-16/h1-9,14H,10-13H2. The van der Waals surface area contributed by atoms with Crippen molar-refractivity contribution in [3.63, 3.8) is 0 Å². The maximum Gasteiger partial charge on any atom is 0.416 e. The van der Waals surface area contributed by atoms with Crippen LogP contribution >= 0.6 is 0 Å². The van der Waals surface area contributed by atoms with Gasteiger partial charge in [0.15, 0.2) is 0 Å². The minimum atomic E-state index is -4.38. The summed E-state index contributed by atoms with van der Waals surface area (Å²) in [6.45, 7) is 0.914. The summed E-state index contributed by atoms with van der Waals surface area (Å²) in [5.41, 5.74) is 0.914. The Labute approximate surface area is 149 Å². The van der Waals surface area contributed by atoms with Gasteiger partial charge in [0, 0.05) is 13.1 Å². The summed E-state index contributed by atoms with van der Waals surface area (Å²) >= 11 is 0. The van der Waals surface area contributed by atoms with E-state index in [4.69, 9.17) is 4.84 Å². The summed E-state index contributed by atoms with van der Waals surface area (Å²) in [5.74, 6) is -0.430. The molecule has 2 aromatic carbocycles. The molecule has 3 nitrogen and oxygen atoms in total. The van der Waals surface area contributed by atoms with Gasteiger partial charge < -0.3 is 4.84 Å². The van der Waals surface area contributed by atoms with Crippen LogP contribution in [0.15, 0.2) is 60.2 Å². The number of carbonyl (C=O) groups excluding carboxylic acids is 1. The molecule has 1 heterocycles. The molecule has 0 radical (unpaired) electrons. The van der Waals surface area contributed by atoms with E-state index < -0.39 is 17.7 Å². The van der Waals surface area contributed by atoms with E-state index in [0.29, 0.717) is 31.5 Å². The average Bonchev–Trinajstić information content (AvgIpc) is 2.63. The Bertz CT molecular complexity index is 790. The van der Waals surface area contributed by atoms with Crippen molar-refractivity contribution in [2.75, 3.05) is 13.1 Å². The van der Waals surface area contributed by atoms with Gasteiger partial charge in [-0.25, -0.2) is 4.79 Å². The quantitative estimate of drug-likeness (QED) is 0.774. The number of rotatable bonds is 3. The van der Waals surface area contributed by atoms with Gasteiger partial charge in [-0.1, -0.05) is 48.0 Å². The van der Waals surface area contributed by atoms with E-state index in [0.717, 1.165) is 11.6 Å². The first-order valence-corrected chi connectivity index (χ1v) is 8.31. The predicted molar refractivity (Wildman–Crippen MR) is 92.1 cm³/mol. The summed E-state index contributed by atoms with van der Waals surface area (Å²) in [6.07, 6.45) is -1.68. The molecular formula is C20H18F3NO2. The van der Waals surface area contributed by atoms with E-state index in [1.807, 2.05) is 6.07 Å². The molecule has 136 valence electrons. The Morgan fingerprint density at radius 1 is 0.962 bits per heavy atom. The Kier molecular flexibility index (Phi) is 5.42. The lowest BCUT2D eigenvalue weighted by Gasteiger charge is -2.27. The molecule has 0 spiro atoms. The molecule has 6 heteroatoms. The molecule has 1 aliphatic heterocycles. The summed E-state index contributed by atoms with van der Waals surface area (Å²) < 4.78 is 39.2. The minimum absolute atomic E-state index is 0.171. The number of hydrogen-bond acceptors (Lipinski definition) is 3. The van der Waals surface area contributed by atoms with Gasteiger partial charge in [-0.2, -0.15) is 13.2 Å². The van der Waals surface area contributed by atoms with E-state index >= 15 is 0 Å². The molecule has 2 aromatic rings. The van der Waals surface area contributed by atoms with E-state index in [2.05, 4.69) is 0 Å². The molecule has 0 unspecified atom stereocenters.